The molecule has 6 heteroatoms. The van der Waals surface area contributed by atoms with Crippen LogP contribution in [0.3, 0.4) is 0 Å². The van der Waals surface area contributed by atoms with Crippen LogP contribution in [-0.4, -0.2) is 43.4 Å². The van der Waals surface area contributed by atoms with E-state index < -0.39 is 9.84 Å². The van der Waals surface area contributed by atoms with Crippen LogP contribution in [0.25, 0.3) is 0 Å². The molecule has 1 heterocycles. The number of carbonyl (C=O) groups excluding carboxylic acids is 1. The number of ether oxygens (including phenoxy) is 1. The van der Waals surface area contributed by atoms with Gasteiger partial charge in [-0.05, 0) is 48.6 Å². The topological polar surface area (TPSA) is 63.7 Å². The zero-order valence-electron chi connectivity index (χ0n) is 16.4. The van der Waals surface area contributed by atoms with E-state index >= 15 is 0 Å². The van der Waals surface area contributed by atoms with Gasteiger partial charge in [-0.25, -0.2) is 8.42 Å². The third-order valence-corrected chi connectivity index (χ3v) is 6.86. The summed E-state index contributed by atoms with van der Waals surface area (Å²) in [4.78, 5) is 14.6. The molecule has 0 aromatic heterocycles. The third kappa shape index (κ3) is 5.35. The van der Waals surface area contributed by atoms with Crippen LogP contribution >= 0.6 is 0 Å². The molecule has 0 unspecified atom stereocenters. The minimum atomic E-state index is -3.08. The summed E-state index contributed by atoms with van der Waals surface area (Å²) >= 11 is 0. The molecule has 0 N–H and O–H groups in total. The first-order valence-electron chi connectivity index (χ1n) is 9.63. The van der Waals surface area contributed by atoms with Gasteiger partial charge in [-0.2, -0.15) is 0 Å². The van der Waals surface area contributed by atoms with E-state index in [9.17, 15) is 13.2 Å². The Balaban J connectivity index is 1.73. The molecule has 1 aliphatic heterocycles. The largest absolute Gasteiger partial charge is 0.484 e. The van der Waals surface area contributed by atoms with Gasteiger partial charge in [0.2, 0.25) is 0 Å². The number of benzene rings is 2. The summed E-state index contributed by atoms with van der Waals surface area (Å²) in [5.74, 6) is 0.605. The predicted octanol–water partition coefficient (Wildman–Crippen LogP) is 3.15. The highest BCUT2D eigenvalue weighted by atomic mass is 32.2. The zero-order chi connectivity index (χ0) is 20.1. The molecule has 2 aromatic carbocycles. The quantitative estimate of drug-likeness (QED) is 0.715. The molecule has 0 aliphatic carbocycles. The zero-order valence-corrected chi connectivity index (χ0v) is 17.2. The van der Waals surface area contributed by atoms with E-state index in [0.717, 1.165) is 17.5 Å². The highest BCUT2D eigenvalue weighted by Gasteiger charge is 2.34. The molecule has 5 nitrogen and oxygen atoms in total. The molecule has 0 radical (unpaired) electrons. The van der Waals surface area contributed by atoms with Crippen molar-refractivity contribution in [2.24, 2.45) is 0 Å². The number of amides is 1. The highest BCUT2D eigenvalue weighted by Crippen LogP contribution is 2.21. The average molecular weight is 402 g/mol. The fraction of sp³-hybridized carbons (Fsp3) is 0.409. The first-order valence-corrected chi connectivity index (χ1v) is 11.5. The summed E-state index contributed by atoms with van der Waals surface area (Å²) in [6.45, 7) is 4.34. The van der Waals surface area contributed by atoms with Crippen LogP contribution in [0, 0.1) is 6.92 Å². The molecule has 3 rings (SSSR count). The Morgan fingerprint density at radius 3 is 2.46 bits per heavy atom. The van der Waals surface area contributed by atoms with Crippen molar-refractivity contribution in [1.29, 1.82) is 0 Å². The number of hydrogen-bond acceptors (Lipinski definition) is 4. The molecule has 0 saturated carbocycles. The van der Waals surface area contributed by atoms with E-state index in [1.165, 1.54) is 5.56 Å². The summed E-state index contributed by atoms with van der Waals surface area (Å²) in [5.41, 5.74) is 3.28. The smallest absolute Gasteiger partial charge is 0.261 e. The number of sulfone groups is 1. The Kier molecular flexibility index (Phi) is 6.39. The maximum Gasteiger partial charge on any atom is 0.261 e. The van der Waals surface area contributed by atoms with Gasteiger partial charge in [0.1, 0.15) is 5.75 Å². The van der Waals surface area contributed by atoms with Gasteiger partial charge in [-0.3, -0.25) is 4.79 Å². The van der Waals surface area contributed by atoms with Gasteiger partial charge in [0.25, 0.3) is 5.91 Å². The van der Waals surface area contributed by atoms with Crippen molar-refractivity contribution in [3.8, 4) is 5.75 Å². The van der Waals surface area contributed by atoms with Gasteiger partial charge in [0, 0.05) is 12.6 Å². The Morgan fingerprint density at radius 2 is 1.86 bits per heavy atom. The summed E-state index contributed by atoms with van der Waals surface area (Å²) in [6.07, 6.45) is 1.43. The van der Waals surface area contributed by atoms with E-state index in [-0.39, 0.29) is 30.1 Å². The Bertz CT molecular complexity index is 922. The molecular formula is C22H27NO4S. The fourth-order valence-corrected chi connectivity index (χ4v) is 5.18. The van der Waals surface area contributed by atoms with Gasteiger partial charge in [0.15, 0.2) is 16.4 Å². The lowest BCUT2D eigenvalue weighted by molar-refractivity contribution is -0.136. The van der Waals surface area contributed by atoms with Gasteiger partial charge < -0.3 is 9.64 Å². The monoisotopic (exact) mass is 401 g/mol. The summed E-state index contributed by atoms with van der Waals surface area (Å²) in [6, 6.07) is 15.3. The Morgan fingerprint density at radius 1 is 1.14 bits per heavy atom. The summed E-state index contributed by atoms with van der Waals surface area (Å²) < 4.78 is 29.6. The number of carbonyl (C=O) groups is 1. The minimum absolute atomic E-state index is 0.0240. The molecule has 0 bridgehead atoms. The Labute approximate surface area is 167 Å². The third-order valence-electron chi connectivity index (χ3n) is 5.11. The van der Waals surface area contributed by atoms with Crippen LogP contribution in [0.15, 0.2) is 48.5 Å². The maximum atomic E-state index is 12.9. The van der Waals surface area contributed by atoms with Crippen molar-refractivity contribution >= 4 is 15.7 Å². The average Bonchev–Trinajstić information content (AvgIpc) is 3.04. The van der Waals surface area contributed by atoms with Gasteiger partial charge >= 0.3 is 0 Å². The second-order valence-corrected chi connectivity index (χ2v) is 9.58. The SMILES string of the molecule is CCc1ccc(CN(C(=O)COc2cccc(C)c2)[C@@H]2CCS(=O)(=O)C2)cc1. The van der Waals surface area contributed by atoms with Crippen LogP contribution in [0.2, 0.25) is 0 Å². The molecule has 1 aliphatic rings. The number of rotatable bonds is 7. The van der Waals surface area contributed by atoms with Gasteiger partial charge in [-0.15, -0.1) is 0 Å². The second-order valence-electron chi connectivity index (χ2n) is 7.35. The van der Waals surface area contributed by atoms with E-state index in [1.807, 2.05) is 55.5 Å². The summed E-state index contributed by atoms with van der Waals surface area (Å²) in [7, 11) is -3.08. The Hall–Kier alpha value is -2.34. The van der Waals surface area contributed by atoms with Crippen molar-refractivity contribution in [2.75, 3.05) is 18.1 Å². The molecular weight excluding hydrogens is 374 g/mol. The van der Waals surface area contributed by atoms with Crippen LogP contribution in [0.4, 0.5) is 0 Å². The highest BCUT2D eigenvalue weighted by molar-refractivity contribution is 7.91. The standard InChI is InChI=1S/C22H27NO4S/c1-3-18-7-9-19(10-8-18)14-23(20-11-12-28(25,26)16-20)22(24)15-27-21-6-4-5-17(2)13-21/h4-10,13,20H,3,11-12,14-16H2,1-2H3/t20-/m1/s1. The van der Waals surface area contributed by atoms with E-state index in [1.54, 1.807) is 4.90 Å². The number of nitrogens with zero attached hydrogens (tertiary/aromatic N) is 1. The number of hydrogen-bond donors (Lipinski definition) is 0. The van der Waals surface area contributed by atoms with Gasteiger partial charge in [0.05, 0.1) is 11.5 Å². The molecule has 150 valence electrons. The van der Waals surface area contributed by atoms with Crippen LogP contribution in [0.1, 0.15) is 30.0 Å². The van der Waals surface area contributed by atoms with Crippen molar-refractivity contribution in [1.82, 2.24) is 4.90 Å². The van der Waals surface area contributed by atoms with Crippen molar-refractivity contribution < 1.29 is 17.9 Å². The molecule has 1 fully saturated rings. The van der Waals surface area contributed by atoms with E-state index in [0.29, 0.717) is 18.7 Å². The first-order chi connectivity index (χ1) is 13.4. The molecule has 1 amide bonds. The van der Waals surface area contributed by atoms with Crippen molar-refractivity contribution in [2.45, 2.75) is 39.3 Å². The van der Waals surface area contributed by atoms with E-state index in [4.69, 9.17) is 4.74 Å². The molecule has 2 aromatic rings. The number of aryl methyl sites for hydroxylation is 2. The van der Waals surface area contributed by atoms with E-state index in [2.05, 4.69) is 6.92 Å². The molecule has 0 spiro atoms. The molecule has 28 heavy (non-hydrogen) atoms. The van der Waals surface area contributed by atoms with Crippen molar-refractivity contribution in [3.63, 3.8) is 0 Å². The van der Waals surface area contributed by atoms with Crippen LogP contribution in [-0.2, 0) is 27.6 Å². The second kappa shape index (κ2) is 8.78. The minimum Gasteiger partial charge on any atom is -0.484 e. The van der Waals surface area contributed by atoms with Crippen LogP contribution < -0.4 is 4.74 Å². The fourth-order valence-electron chi connectivity index (χ4n) is 3.45. The van der Waals surface area contributed by atoms with Crippen LogP contribution in [0.5, 0.6) is 5.75 Å². The first kappa shape index (κ1) is 20.4. The normalized spacial score (nSPS) is 18.0. The molecule has 1 saturated heterocycles. The lowest BCUT2D eigenvalue weighted by Gasteiger charge is -2.28. The van der Waals surface area contributed by atoms with Gasteiger partial charge in [-0.1, -0.05) is 43.3 Å². The maximum absolute atomic E-state index is 12.9. The molecule has 1 atom stereocenters. The summed E-state index contributed by atoms with van der Waals surface area (Å²) in [5, 5.41) is 0. The predicted molar refractivity (Wildman–Crippen MR) is 110 cm³/mol. The lowest BCUT2D eigenvalue weighted by atomic mass is 10.1. The van der Waals surface area contributed by atoms with Crippen molar-refractivity contribution in [3.05, 3.63) is 65.2 Å². The lowest BCUT2D eigenvalue weighted by Crippen LogP contribution is -2.43.